The summed E-state index contributed by atoms with van der Waals surface area (Å²) < 4.78 is 6.59. The summed E-state index contributed by atoms with van der Waals surface area (Å²) in [5, 5.41) is 0.601. The van der Waals surface area contributed by atoms with Crippen LogP contribution in [0.4, 0.5) is 5.69 Å². The molecule has 0 unspecified atom stereocenters. The Bertz CT molecular complexity index is 698. The lowest BCUT2D eigenvalue weighted by molar-refractivity contribution is 0.489. The van der Waals surface area contributed by atoms with Gasteiger partial charge in [-0.3, -0.25) is 0 Å². The third kappa shape index (κ3) is 2.09. The van der Waals surface area contributed by atoms with Crippen molar-refractivity contribution >= 4 is 39.9 Å². The summed E-state index contributed by atoms with van der Waals surface area (Å²) in [6.45, 7) is 4.06. The van der Waals surface area contributed by atoms with Crippen molar-refractivity contribution in [2.75, 3.05) is 5.73 Å². The van der Waals surface area contributed by atoms with Crippen molar-refractivity contribution in [2.24, 2.45) is 0 Å². The quantitative estimate of drug-likeness (QED) is 0.724. The molecular formula is C12H11N3OS2. The molecular weight excluding hydrogens is 266 g/mol. The number of benzene rings is 1. The maximum absolute atomic E-state index is 5.70. The Morgan fingerprint density at radius 1 is 1.28 bits per heavy atom. The Morgan fingerprint density at radius 2 is 2.11 bits per heavy atom. The van der Waals surface area contributed by atoms with E-state index in [0.29, 0.717) is 16.5 Å². The van der Waals surface area contributed by atoms with Gasteiger partial charge in [0.2, 0.25) is 0 Å². The second-order valence-electron chi connectivity index (χ2n) is 3.93. The number of thiazole rings is 1. The van der Waals surface area contributed by atoms with E-state index in [0.717, 1.165) is 15.6 Å². The Hall–Kier alpha value is -1.53. The third-order valence-corrected chi connectivity index (χ3v) is 4.56. The molecule has 4 nitrogen and oxygen atoms in total. The van der Waals surface area contributed by atoms with E-state index in [1.165, 1.54) is 16.6 Å². The van der Waals surface area contributed by atoms with Crippen molar-refractivity contribution in [3.8, 4) is 0 Å². The van der Waals surface area contributed by atoms with Gasteiger partial charge in [0, 0.05) is 28.4 Å². The molecule has 0 radical (unpaired) electrons. The summed E-state index contributed by atoms with van der Waals surface area (Å²) in [6, 6.07) is 5.46. The topological polar surface area (TPSA) is 64.9 Å². The minimum Gasteiger partial charge on any atom is -0.431 e. The fourth-order valence-corrected chi connectivity index (χ4v) is 3.53. The molecule has 92 valence electrons. The van der Waals surface area contributed by atoms with Crippen molar-refractivity contribution in [3.05, 3.63) is 28.8 Å². The first-order valence-corrected chi connectivity index (χ1v) is 7.03. The van der Waals surface area contributed by atoms with E-state index in [1.54, 1.807) is 17.4 Å². The van der Waals surface area contributed by atoms with Gasteiger partial charge in [-0.05, 0) is 26.0 Å². The summed E-state index contributed by atoms with van der Waals surface area (Å²) in [7, 11) is 0. The maximum atomic E-state index is 5.70. The fourth-order valence-electron chi connectivity index (χ4n) is 1.53. The van der Waals surface area contributed by atoms with Crippen LogP contribution < -0.4 is 5.73 Å². The van der Waals surface area contributed by atoms with E-state index in [9.17, 15) is 0 Å². The van der Waals surface area contributed by atoms with E-state index in [4.69, 9.17) is 10.2 Å². The molecule has 2 N–H and O–H groups in total. The van der Waals surface area contributed by atoms with E-state index in [2.05, 4.69) is 16.9 Å². The molecule has 0 saturated heterocycles. The van der Waals surface area contributed by atoms with E-state index in [-0.39, 0.29) is 0 Å². The number of nitrogens with two attached hydrogens (primary N) is 1. The lowest BCUT2D eigenvalue weighted by Crippen LogP contribution is -1.81. The molecule has 0 saturated carbocycles. The van der Waals surface area contributed by atoms with Gasteiger partial charge in [-0.15, -0.1) is 11.3 Å². The van der Waals surface area contributed by atoms with Gasteiger partial charge in [-0.2, -0.15) is 0 Å². The standard InChI is InChI=1S/C12H11N3OS2/c1-6-7(2)17-12(14-6)18-11-15-9-4-3-8(13)5-10(9)16-11/h3-5H,13H2,1-2H3. The van der Waals surface area contributed by atoms with Crippen LogP contribution in [0.15, 0.2) is 32.2 Å². The molecule has 1 aromatic carbocycles. The zero-order valence-corrected chi connectivity index (χ0v) is 11.6. The fraction of sp³-hybridized carbons (Fsp3) is 0.167. The number of anilines is 1. The van der Waals surface area contributed by atoms with Gasteiger partial charge in [0.1, 0.15) is 5.52 Å². The van der Waals surface area contributed by atoms with Gasteiger partial charge < -0.3 is 10.2 Å². The number of fused-ring (bicyclic) bond motifs is 1. The predicted molar refractivity (Wildman–Crippen MR) is 74.1 cm³/mol. The van der Waals surface area contributed by atoms with Gasteiger partial charge in [-0.1, -0.05) is 0 Å². The number of nitrogen functional groups attached to an aromatic ring is 1. The molecule has 18 heavy (non-hydrogen) atoms. The minimum absolute atomic E-state index is 0.601. The van der Waals surface area contributed by atoms with Gasteiger partial charge in [-0.25, -0.2) is 9.97 Å². The zero-order valence-electron chi connectivity index (χ0n) is 9.93. The lowest BCUT2D eigenvalue weighted by atomic mass is 10.3. The molecule has 3 rings (SSSR count). The second kappa shape index (κ2) is 4.29. The molecule has 0 aliphatic rings. The molecule has 3 aromatic rings. The monoisotopic (exact) mass is 277 g/mol. The van der Waals surface area contributed by atoms with Crippen LogP contribution in [0.25, 0.3) is 11.1 Å². The first kappa shape index (κ1) is 11.6. The molecule has 0 spiro atoms. The average Bonchev–Trinajstić information content (AvgIpc) is 2.82. The Balaban J connectivity index is 1.95. The van der Waals surface area contributed by atoms with Gasteiger partial charge >= 0.3 is 0 Å². The van der Waals surface area contributed by atoms with Crippen LogP contribution in [0.5, 0.6) is 0 Å². The molecule has 6 heteroatoms. The largest absolute Gasteiger partial charge is 0.431 e. The lowest BCUT2D eigenvalue weighted by Gasteiger charge is -1.89. The van der Waals surface area contributed by atoms with Crippen LogP contribution in [0.2, 0.25) is 0 Å². The molecule has 0 amide bonds. The third-order valence-electron chi connectivity index (χ3n) is 2.58. The van der Waals surface area contributed by atoms with Gasteiger partial charge in [0.15, 0.2) is 9.92 Å². The summed E-state index contributed by atoms with van der Waals surface area (Å²) >= 11 is 3.09. The SMILES string of the molecule is Cc1nc(Sc2nc3ccc(N)cc3o2)sc1C. The van der Waals surface area contributed by atoms with Crippen molar-refractivity contribution in [1.82, 2.24) is 9.97 Å². The van der Waals surface area contributed by atoms with Crippen LogP contribution in [0.3, 0.4) is 0 Å². The number of hydrogen-bond donors (Lipinski definition) is 1. The molecule has 0 atom stereocenters. The van der Waals surface area contributed by atoms with Crippen molar-refractivity contribution in [3.63, 3.8) is 0 Å². The zero-order chi connectivity index (χ0) is 12.7. The summed E-state index contributed by atoms with van der Waals surface area (Å²) in [5.74, 6) is 0. The normalized spacial score (nSPS) is 11.2. The van der Waals surface area contributed by atoms with Crippen molar-refractivity contribution in [1.29, 1.82) is 0 Å². The number of hydrogen-bond acceptors (Lipinski definition) is 6. The highest BCUT2D eigenvalue weighted by Gasteiger charge is 2.11. The summed E-state index contributed by atoms with van der Waals surface area (Å²) in [5.41, 5.74) is 8.97. The molecule has 0 fully saturated rings. The predicted octanol–water partition coefficient (Wildman–Crippen LogP) is 3.63. The van der Waals surface area contributed by atoms with Crippen LogP contribution in [-0.2, 0) is 0 Å². The van der Waals surface area contributed by atoms with Crippen molar-refractivity contribution < 1.29 is 4.42 Å². The van der Waals surface area contributed by atoms with E-state index >= 15 is 0 Å². The highest BCUT2D eigenvalue weighted by Crippen LogP contribution is 2.33. The average molecular weight is 277 g/mol. The number of rotatable bonds is 2. The number of oxazole rings is 1. The Labute approximate surface area is 112 Å². The van der Waals surface area contributed by atoms with Crippen molar-refractivity contribution in [2.45, 2.75) is 23.4 Å². The molecule has 0 aliphatic carbocycles. The van der Waals surface area contributed by atoms with E-state index in [1.807, 2.05) is 19.1 Å². The Kier molecular flexibility index (Phi) is 2.76. The summed E-state index contributed by atoms with van der Waals surface area (Å²) in [6.07, 6.45) is 0. The highest BCUT2D eigenvalue weighted by atomic mass is 32.2. The van der Waals surface area contributed by atoms with Crippen LogP contribution >= 0.6 is 23.1 Å². The first-order chi connectivity index (χ1) is 8.61. The first-order valence-electron chi connectivity index (χ1n) is 5.40. The van der Waals surface area contributed by atoms with Crippen LogP contribution in [-0.4, -0.2) is 9.97 Å². The van der Waals surface area contributed by atoms with Crippen LogP contribution in [0.1, 0.15) is 10.6 Å². The number of aryl methyl sites for hydroxylation is 2. The molecule has 0 bridgehead atoms. The highest BCUT2D eigenvalue weighted by molar-refractivity contribution is 8.00. The minimum atomic E-state index is 0.601. The van der Waals surface area contributed by atoms with E-state index < -0.39 is 0 Å². The maximum Gasteiger partial charge on any atom is 0.263 e. The number of nitrogens with zero attached hydrogens (tertiary/aromatic N) is 2. The molecule has 2 heterocycles. The van der Waals surface area contributed by atoms with Gasteiger partial charge in [0.25, 0.3) is 5.22 Å². The second-order valence-corrected chi connectivity index (χ2v) is 6.33. The molecule has 2 aromatic heterocycles. The summed E-state index contributed by atoms with van der Waals surface area (Å²) in [4.78, 5) is 10.1. The van der Waals surface area contributed by atoms with Crippen LogP contribution in [0, 0.1) is 13.8 Å². The van der Waals surface area contributed by atoms with Gasteiger partial charge in [0.05, 0.1) is 5.69 Å². The smallest absolute Gasteiger partial charge is 0.263 e. The Morgan fingerprint density at radius 3 is 2.83 bits per heavy atom. The molecule has 0 aliphatic heterocycles. The number of aromatic nitrogens is 2.